The molecule has 0 saturated heterocycles. The first-order chi connectivity index (χ1) is 7.59. The SMILES string of the molecule is Nc1ccc(SSSC[C@H](N)C(=O)O)cc1. The number of nitrogen functional groups attached to an aromatic ring is 1. The predicted octanol–water partition coefficient (Wildman–Crippen LogP) is 2.07. The first kappa shape index (κ1) is 13.6. The van der Waals surface area contributed by atoms with Crippen LogP contribution in [0.3, 0.4) is 0 Å². The van der Waals surface area contributed by atoms with Gasteiger partial charge in [-0.05, 0) is 44.9 Å². The van der Waals surface area contributed by atoms with E-state index in [4.69, 9.17) is 16.6 Å². The highest BCUT2D eigenvalue weighted by Gasteiger charge is 2.11. The number of nitrogens with two attached hydrogens (primary N) is 2. The molecule has 7 heteroatoms. The maximum absolute atomic E-state index is 10.4. The van der Waals surface area contributed by atoms with Crippen LogP contribution in [0.25, 0.3) is 0 Å². The van der Waals surface area contributed by atoms with E-state index in [0.717, 1.165) is 10.6 Å². The molecule has 1 atom stereocenters. The number of hydrogen-bond acceptors (Lipinski definition) is 6. The van der Waals surface area contributed by atoms with Gasteiger partial charge in [0.25, 0.3) is 0 Å². The molecule has 0 aromatic heterocycles. The van der Waals surface area contributed by atoms with Gasteiger partial charge < -0.3 is 16.6 Å². The van der Waals surface area contributed by atoms with Crippen LogP contribution >= 0.6 is 31.4 Å². The van der Waals surface area contributed by atoms with Gasteiger partial charge in [-0.3, -0.25) is 4.79 Å². The van der Waals surface area contributed by atoms with Gasteiger partial charge in [-0.2, -0.15) is 0 Å². The molecule has 5 N–H and O–H groups in total. The largest absolute Gasteiger partial charge is 0.480 e. The summed E-state index contributed by atoms with van der Waals surface area (Å²) in [5.74, 6) is -0.576. The average Bonchev–Trinajstić information content (AvgIpc) is 2.26. The van der Waals surface area contributed by atoms with E-state index >= 15 is 0 Å². The molecule has 0 aliphatic rings. The molecule has 1 aromatic carbocycles. The summed E-state index contributed by atoms with van der Waals surface area (Å²) in [6.45, 7) is 0. The Kier molecular flexibility index (Phi) is 5.89. The maximum atomic E-state index is 10.4. The molecule has 0 bridgehead atoms. The Morgan fingerprint density at radius 1 is 1.38 bits per heavy atom. The van der Waals surface area contributed by atoms with Crippen molar-refractivity contribution in [3.8, 4) is 0 Å². The highest BCUT2D eigenvalue weighted by atomic mass is 33.5. The minimum Gasteiger partial charge on any atom is -0.480 e. The van der Waals surface area contributed by atoms with Crippen molar-refractivity contribution in [3.63, 3.8) is 0 Å². The van der Waals surface area contributed by atoms with Gasteiger partial charge in [0.2, 0.25) is 0 Å². The van der Waals surface area contributed by atoms with Crippen molar-refractivity contribution in [3.05, 3.63) is 24.3 Å². The van der Waals surface area contributed by atoms with E-state index in [9.17, 15) is 4.79 Å². The van der Waals surface area contributed by atoms with Crippen molar-refractivity contribution in [2.45, 2.75) is 10.9 Å². The van der Waals surface area contributed by atoms with Crippen LogP contribution in [0, 0.1) is 0 Å². The van der Waals surface area contributed by atoms with Crippen LogP contribution in [0.5, 0.6) is 0 Å². The fraction of sp³-hybridized carbons (Fsp3) is 0.222. The summed E-state index contributed by atoms with van der Waals surface area (Å²) in [4.78, 5) is 11.5. The minimum absolute atomic E-state index is 0.391. The van der Waals surface area contributed by atoms with Gasteiger partial charge in [-0.15, -0.1) is 0 Å². The third-order valence-electron chi connectivity index (χ3n) is 1.62. The van der Waals surface area contributed by atoms with Crippen molar-refractivity contribution < 1.29 is 9.90 Å². The van der Waals surface area contributed by atoms with Crippen molar-refractivity contribution >= 4 is 43.1 Å². The van der Waals surface area contributed by atoms with E-state index < -0.39 is 12.0 Å². The van der Waals surface area contributed by atoms with Gasteiger partial charge >= 0.3 is 5.97 Å². The monoisotopic (exact) mass is 276 g/mol. The second-order valence-electron chi connectivity index (χ2n) is 2.95. The van der Waals surface area contributed by atoms with Crippen LogP contribution in [-0.2, 0) is 4.79 Å². The zero-order chi connectivity index (χ0) is 12.0. The topological polar surface area (TPSA) is 89.3 Å². The molecule has 0 fully saturated rings. The number of anilines is 1. The fourth-order valence-corrected chi connectivity index (χ4v) is 4.44. The number of rotatable bonds is 6. The Morgan fingerprint density at radius 2 is 2.00 bits per heavy atom. The molecule has 4 nitrogen and oxygen atoms in total. The third kappa shape index (κ3) is 5.02. The van der Waals surface area contributed by atoms with E-state index in [1.54, 1.807) is 10.8 Å². The molecule has 0 aliphatic carbocycles. The second-order valence-corrected chi connectivity index (χ2v) is 7.13. The lowest BCUT2D eigenvalue weighted by molar-refractivity contribution is -0.137. The van der Waals surface area contributed by atoms with Gasteiger partial charge in [0.05, 0.1) is 0 Å². The van der Waals surface area contributed by atoms with Crippen molar-refractivity contribution in [1.29, 1.82) is 0 Å². The van der Waals surface area contributed by atoms with Gasteiger partial charge in [0, 0.05) is 16.3 Å². The van der Waals surface area contributed by atoms with Crippen molar-refractivity contribution in [2.24, 2.45) is 5.73 Å². The molecular formula is C9H12N2O2S3. The molecule has 0 radical (unpaired) electrons. The fourth-order valence-electron chi connectivity index (χ4n) is 0.759. The van der Waals surface area contributed by atoms with Crippen LogP contribution < -0.4 is 11.5 Å². The van der Waals surface area contributed by atoms with Crippen LogP contribution in [0.15, 0.2) is 29.2 Å². The zero-order valence-electron chi connectivity index (χ0n) is 8.33. The molecule has 0 heterocycles. The molecule has 1 rings (SSSR count). The standard InChI is InChI=1S/C9H12N2O2S3/c10-6-1-3-7(4-2-6)15-16-14-5-8(11)9(12)13/h1-4,8H,5,10-11H2,(H,12,13)/t8-/m0/s1. The molecular weight excluding hydrogens is 264 g/mol. The Morgan fingerprint density at radius 3 is 2.56 bits per heavy atom. The molecule has 0 saturated carbocycles. The quantitative estimate of drug-likeness (QED) is 0.416. The number of carbonyl (C=O) groups is 1. The van der Waals surface area contributed by atoms with Gasteiger partial charge in [-0.25, -0.2) is 0 Å². The summed E-state index contributed by atoms with van der Waals surface area (Å²) >= 11 is 0. The highest BCUT2D eigenvalue weighted by Crippen LogP contribution is 2.40. The lowest BCUT2D eigenvalue weighted by atomic mass is 10.3. The van der Waals surface area contributed by atoms with Crippen molar-refractivity contribution in [2.75, 3.05) is 11.5 Å². The summed E-state index contributed by atoms with van der Waals surface area (Å²) in [5.41, 5.74) is 11.6. The van der Waals surface area contributed by atoms with Crippen molar-refractivity contribution in [1.82, 2.24) is 0 Å². The second kappa shape index (κ2) is 6.95. The molecule has 0 unspecified atom stereocenters. The molecule has 0 amide bonds. The number of aliphatic carboxylic acids is 1. The predicted molar refractivity (Wildman–Crippen MR) is 72.4 cm³/mol. The normalized spacial score (nSPS) is 12.3. The maximum Gasteiger partial charge on any atom is 0.321 e. The third-order valence-corrected chi connectivity index (χ3v) is 5.70. The summed E-state index contributed by atoms with van der Waals surface area (Å²) in [6, 6.07) is 6.70. The Balaban J connectivity index is 2.21. The minimum atomic E-state index is -0.967. The van der Waals surface area contributed by atoms with E-state index in [1.807, 2.05) is 24.3 Å². The van der Waals surface area contributed by atoms with Gasteiger partial charge in [-0.1, -0.05) is 10.8 Å². The Bertz CT molecular complexity index is 345. The number of carboxylic acid groups (broad SMARTS) is 1. The summed E-state index contributed by atoms with van der Waals surface area (Å²) in [6.07, 6.45) is 0. The molecule has 1 aromatic rings. The highest BCUT2D eigenvalue weighted by molar-refractivity contribution is 9.09. The average molecular weight is 276 g/mol. The molecule has 16 heavy (non-hydrogen) atoms. The first-order valence-corrected chi connectivity index (χ1v) is 8.05. The van der Waals surface area contributed by atoms with E-state index in [0.29, 0.717) is 5.75 Å². The Hall–Kier alpha value is -0.500. The van der Waals surface area contributed by atoms with E-state index in [2.05, 4.69) is 0 Å². The summed E-state index contributed by atoms with van der Waals surface area (Å²) in [7, 11) is 4.50. The smallest absolute Gasteiger partial charge is 0.321 e. The molecule has 0 aliphatic heterocycles. The Labute approximate surface area is 105 Å². The zero-order valence-corrected chi connectivity index (χ0v) is 10.8. The number of benzene rings is 1. The molecule has 88 valence electrons. The van der Waals surface area contributed by atoms with E-state index in [1.165, 1.54) is 20.6 Å². The van der Waals surface area contributed by atoms with Crippen LogP contribution in [0.1, 0.15) is 0 Å². The van der Waals surface area contributed by atoms with Gasteiger partial charge in [0.15, 0.2) is 0 Å². The summed E-state index contributed by atoms with van der Waals surface area (Å²) in [5, 5.41) is 8.56. The first-order valence-electron chi connectivity index (χ1n) is 4.39. The lowest BCUT2D eigenvalue weighted by Crippen LogP contribution is -2.32. The molecule has 0 spiro atoms. The van der Waals surface area contributed by atoms with Crippen LogP contribution in [-0.4, -0.2) is 22.9 Å². The van der Waals surface area contributed by atoms with Crippen LogP contribution in [0.2, 0.25) is 0 Å². The summed E-state index contributed by atoms with van der Waals surface area (Å²) < 4.78 is 0. The number of carboxylic acids is 1. The number of hydrogen-bond donors (Lipinski definition) is 3. The van der Waals surface area contributed by atoms with Gasteiger partial charge in [0.1, 0.15) is 6.04 Å². The lowest BCUT2D eigenvalue weighted by Gasteiger charge is -2.04. The van der Waals surface area contributed by atoms with E-state index in [-0.39, 0.29) is 0 Å². The van der Waals surface area contributed by atoms with Crippen LogP contribution in [0.4, 0.5) is 5.69 Å².